The minimum absolute atomic E-state index is 0.663. The Bertz CT molecular complexity index is 480. The second kappa shape index (κ2) is 5.69. The van der Waals surface area contributed by atoms with Crippen molar-refractivity contribution in [3.05, 3.63) is 53.9 Å². The summed E-state index contributed by atoms with van der Waals surface area (Å²) in [6, 6.07) is 10.3. The number of benzene rings is 1. The smallest absolute Gasteiger partial charge is 0.0444 e. The second-order valence-electron chi connectivity index (χ2n) is 3.95. The summed E-state index contributed by atoms with van der Waals surface area (Å²) in [6.07, 6.45) is 4.55. The number of pyridine rings is 1. The van der Waals surface area contributed by atoms with Gasteiger partial charge in [-0.25, -0.2) is 0 Å². The van der Waals surface area contributed by atoms with Crippen LogP contribution in [-0.4, -0.2) is 10.9 Å². The first-order valence-electron chi connectivity index (χ1n) is 5.62. The monoisotopic (exact) mass is 246 g/mol. The van der Waals surface area contributed by atoms with E-state index in [4.69, 9.17) is 11.6 Å². The van der Waals surface area contributed by atoms with Gasteiger partial charge in [-0.1, -0.05) is 12.1 Å². The summed E-state index contributed by atoms with van der Waals surface area (Å²) >= 11 is 5.70. The van der Waals surface area contributed by atoms with Crippen LogP contribution in [-0.2, 0) is 6.42 Å². The largest absolute Gasteiger partial charge is 0.355 e. The summed E-state index contributed by atoms with van der Waals surface area (Å²) in [5, 5.41) is 3.37. The van der Waals surface area contributed by atoms with Gasteiger partial charge in [-0.3, -0.25) is 4.98 Å². The van der Waals surface area contributed by atoms with E-state index in [1.54, 1.807) is 6.20 Å². The van der Waals surface area contributed by atoms with Crippen molar-refractivity contribution < 1.29 is 0 Å². The zero-order valence-corrected chi connectivity index (χ0v) is 10.5. The van der Waals surface area contributed by atoms with Gasteiger partial charge in [-0.15, -0.1) is 11.6 Å². The molecular formula is C14H15ClN2. The van der Waals surface area contributed by atoms with E-state index in [1.165, 1.54) is 5.56 Å². The molecule has 0 aliphatic carbocycles. The van der Waals surface area contributed by atoms with Crippen molar-refractivity contribution >= 4 is 23.0 Å². The Kier molecular flexibility index (Phi) is 3.99. The number of hydrogen-bond acceptors (Lipinski definition) is 2. The predicted molar refractivity (Wildman–Crippen MR) is 73.1 cm³/mol. The van der Waals surface area contributed by atoms with Gasteiger partial charge < -0.3 is 5.32 Å². The van der Waals surface area contributed by atoms with E-state index >= 15 is 0 Å². The average molecular weight is 247 g/mol. The van der Waals surface area contributed by atoms with Crippen LogP contribution >= 0.6 is 11.6 Å². The molecule has 0 amide bonds. The van der Waals surface area contributed by atoms with E-state index in [-0.39, 0.29) is 0 Å². The number of nitrogens with zero attached hydrogens (tertiary/aromatic N) is 1. The molecule has 1 aromatic heterocycles. The molecule has 0 spiro atoms. The van der Waals surface area contributed by atoms with Gasteiger partial charge in [0.15, 0.2) is 0 Å². The second-order valence-corrected chi connectivity index (χ2v) is 4.33. The summed E-state index contributed by atoms with van der Waals surface area (Å²) in [5.74, 6) is 0.663. The van der Waals surface area contributed by atoms with Crippen molar-refractivity contribution in [1.82, 2.24) is 4.98 Å². The molecule has 0 saturated carbocycles. The van der Waals surface area contributed by atoms with Crippen molar-refractivity contribution in [3.63, 3.8) is 0 Å². The molecular weight excluding hydrogens is 232 g/mol. The molecule has 0 aliphatic heterocycles. The molecule has 0 bridgehead atoms. The Morgan fingerprint density at radius 1 is 1.18 bits per heavy atom. The first kappa shape index (κ1) is 11.9. The van der Waals surface area contributed by atoms with Crippen molar-refractivity contribution in [3.8, 4) is 0 Å². The van der Waals surface area contributed by atoms with Gasteiger partial charge in [0, 0.05) is 29.6 Å². The quantitative estimate of drug-likeness (QED) is 0.828. The minimum Gasteiger partial charge on any atom is -0.355 e. The van der Waals surface area contributed by atoms with Gasteiger partial charge in [0.25, 0.3) is 0 Å². The predicted octanol–water partition coefficient (Wildman–Crippen LogP) is 3.91. The van der Waals surface area contributed by atoms with Gasteiger partial charge in [0.05, 0.1) is 0 Å². The van der Waals surface area contributed by atoms with Crippen LogP contribution in [0.1, 0.15) is 11.1 Å². The molecule has 0 radical (unpaired) electrons. The van der Waals surface area contributed by atoms with Gasteiger partial charge in [0.1, 0.15) is 0 Å². The Morgan fingerprint density at radius 2 is 1.94 bits per heavy atom. The van der Waals surface area contributed by atoms with Crippen molar-refractivity contribution in [2.75, 3.05) is 11.2 Å². The molecule has 0 saturated heterocycles. The summed E-state index contributed by atoms with van der Waals surface area (Å²) in [4.78, 5) is 4.07. The fourth-order valence-electron chi connectivity index (χ4n) is 1.63. The van der Waals surface area contributed by atoms with E-state index < -0.39 is 0 Å². The average Bonchev–Trinajstić information content (AvgIpc) is 2.35. The number of aryl methyl sites for hydroxylation is 2. The van der Waals surface area contributed by atoms with E-state index in [1.807, 2.05) is 19.2 Å². The highest BCUT2D eigenvalue weighted by Gasteiger charge is 1.98. The Labute approximate surface area is 107 Å². The van der Waals surface area contributed by atoms with E-state index in [2.05, 4.69) is 34.6 Å². The first-order valence-corrected chi connectivity index (χ1v) is 6.15. The third kappa shape index (κ3) is 3.21. The van der Waals surface area contributed by atoms with Gasteiger partial charge in [0.2, 0.25) is 0 Å². The molecule has 3 heteroatoms. The zero-order valence-electron chi connectivity index (χ0n) is 9.78. The molecule has 2 aromatic rings. The summed E-state index contributed by atoms with van der Waals surface area (Å²) in [7, 11) is 0. The third-order valence-electron chi connectivity index (χ3n) is 2.64. The highest BCUT2D eigenvalue weighted by atomic mass is 35.5. The van der Waals surface area contributed by atoms with Crippen molar-refractivity contribution in [2.24, 2.45) is 0 Å². The van der Waals surface area contributed by atoms with Crippen LogP contribution in [0.25, 0.3) is 0 Å². The van der Waals surface area contributed by atoms with Gasteiger partial charge in [-0.05, 0) is 42.7 Å². The van der Waals surface area contributed by atoms with Crippen LogP contribution in [0.4, 0.5) is 11.4 Å². The van der Waals surface area contributed by atoms with Crippen LogP contribution < -0.4 is 5.32 Å². The Hall–Kier alpha value is -1.54. The molecule has 0 aliphatic rings. The Balaban J connectivity index is 2.11. The topological polar surface area (TPSA) is 24.9 Å². The lowest BCUT2D eigenvalue weighted by molar-refractivity contribution is 1.15. The number of halogens is 1. The van der Waals surface area contributed by atoms with E-state index in [0.717, 1.165) is 23.4 Å². The molecule has 0 atom stereocenters. The maximum atomic E-state index is 5.70. The number of aromatic nitrogens is 1. The molecule has 0 fully saturated rings. The summed E-state index contributed by atoms with van der Waals surface area (Å²) in [5.41, 5.74) is 4.57. The highest BCUT2D eigenvalue weighted by molar-refractivity contribution is 6.17. The molecule has 1 heterocycles. The fraction of sp³-hybridized carbons (Fsp3) is 0.214. The molecule has 1 N–H and O–H groups in total. The third-order valence-corrected chi connectivity index (χ3v) is 2.83. The van der Waals surface area contributed by atoms with Crippen LogP contribution in [0.2, 0.25) is 0 Å². The molecule has 1 aromatic carbocycles. The van der Waals surface area contributed by atoms with Crippen LogP contribution in [0.3, 0.4) is 0 Å². The van der Waals surface area contributed by atoms with Crippen molar-refractivity contribution in [1.29, 1.82) is 0 Å². The van der Waals surface area contributed by atoms with E-state index in [9.17, 15) is 0 Å². The van der Waals surface area contributed by atoms with Crippen molar-refractivity contribution in [2.45, 2.75) is 13.3 Å². The normalized spacial score (nSPS) is 10.2. The van der Waals surface area contributed by atoms with Gasteiger partial charge >= 0.3 is 0 Å². The standard InChI is InChI=1S/C14H15ClN2/c1-11-10-16-9-7-14(11)17-13-4-2-12(3-5-13)6-8-15/h2-5,7,9-10H,6,8H2,1H3,(H,16,17). The first-order chi connectivity index (χ1) is 8.29. The maximum Gasteiger partial charge on any atom is 0.0444 e. The number of anilines is 2. The van der Waals surface area contributed by atoms with Gasteiger partial charge in [-0.2, -0.15) is 0 Å². The lowest BCUT2D eigenvalue weighted by Gasteiger charge is -2.09. The molecule has 0 unspecified atom stereocenters. The van der Waals surface area contributed by atoms with Crippen LogP contribution in [0.15, 0.2) is 42.7 Å². The van der Waals surface area contributed by atoms with Crippen LogP contribution in [0, 0.1) is 6.92 Å². The minimum atomic E-state index is 0.663. The molecule has 2 rings (SSSR count). The SMILES string of the molecule is Cc1cnccc1Nc1ccc(CCCl)cc1. The number of alkyl halides is 1. The number of hydrogen-bond donors (Lipinski definition) is 1. The summed E-state index contributed by atoms with van der Waals surface area (Å²) in [6.45, 7) is 2.04. The lowest BCUT2D eigenvalue weighted by atomic mass is 10.1. The zero-order chi connectivity index (χ0) is 12.1. The Morgan fingerprint density at radius 3 is 2.59 bits per heavy atom. The van der Waals surface area contributed by atoms with E-state index in [0.29, 0.717) is 5.88 Å². The molecule has 88 valence electrons. The molecule has 17 heavy (non-hydrogen) atoms. The lowest BCUT2D eigenvalue weighted by Crippen LogP contribution is -1.94. The number of nitrogens with one attached hydrogen (secondary N) is 1. The van der Waals surface area contributed by atoms with Crippen LogP contribution in [0.5, 0.6) is 0 Å². The highest BCUT2D eigenvalue weighted by Crippen LogP contribution is 2.19. The summed E-state index contributed by atoms with van der Waals surface area (Å²) < 4.78 is 0. The fourth-order valence-corrected chi connectivity index (χ4v) is 1.85. The number of rotatable bonds is 4. The molecule has 2 nitrogen and oxygen atoms in total. The maximum absolute atomic E-state index is 5.70.